The molecule has 32 heavy (non-hydrogen) atoms. The average molecular weight is 455 g/mol. The first-order valence-corrected chi connectivity index (χ1v) is 12.9. The van der Waals surface area contributed by atoms with E-state index >= 15 is 0 Å². The fourth-order valence-electron chi connectivity index (χ4n) is 3.03. The van der Waals surface area contributed by atoms with Gasteiger partial charge in [0.25, 0.3) is 0 Å². The van der Waals surface area contributed by atoms with Crippen LogP contribution in [0.5, 0.6) is 0 Å². The van der Waals surface area contributed by atoms with Gasteiger partial charge in [0.2, 0.25) is 0 Å². The molecule has 0 amide bonds. The third-order valence-electron chi connectivity index (χ3n) is 5.10. The predicted molar refractivity (Wildman–Crippen MR) is 135 cm³/mol. The minimum absolute atomic E-state index is 0.117. The molecule has 0 saturated heterocycles. The highest BCUT2D eigenvalue weighted by molar-refractivity contribution is 5.69. The molecule has 0 N–H and O–H groups in total. The molecule has 0 aliphatic carbocycles. The first-order valence-electron chi connectivity index (χ1n) is 12.9. The van der Waals surface area contributed by atoms with E-state index in [1.807, 2.05) is 0 Å². The summed E-state index contributed by atoms with van der Waals surface area (Å²) in [5.41, 5.74) is 0. The second-order valence-electron chi connectivity index (χ2n) is 9.44. The van der Waals surface area contributed by atoms with E-state index in [1.54, 1.807) is 0 Å². The summed E-state index contributed by atoms with van der Waals surface area (Å²) in [6, 6.07) is 0. The van der Waals surface area contributed by atoms with Gasteiger partial charge in [-0.3, -0.25) is 4.79 Å². The van der Waals surface area contributed by atoms with Crippen molar-refractivity contribution in [1.82, 2.24) is 0 Å². The number of quaternary nitrogens is 1. The monoisotopic (exact) mass is 454 g/mol. The zero-order valence-corrected chi connectivity index (χ0v) is 21.6. The van der Waals surface area contributed by atoms with E-state index in [9.17, 15) is 4.79 Å². The molecule has 0 bridgehead atoms. The SMILES string of the molecule is CCCCCC/C=C/C/C=C/CCCCCCC(=O)OCCOCCOCC[N+](C)(C)C. The van der Waals surface area contributed by atoms with E-state index in [0.29, 0.717) is 32.8 Å². The Morgan fingerprint density at radius 2 is 1.25 bits per heavy atom. The maximum Gasteiger partial charge on any atom is 0.305 e. The molecular weight excluding hydrogens is 402 g/mol. The second-order valence-corrected chi connectivity index (χ2v) is 9.44. The van der Waals surface area contributed by atoms with Gasteiger partial charge in [-0.15, -0.1) is 0 Å². The normalized spacial score (nSPS) is 12.2. The number of hydrogen-bond donors (Lipinski definition) is 0. The van der Waals surface area contributed by atoms with Crippen LogP contribution in [0.4, 0.5) is 0 Å². The molecule has 5 nitrogen and oxygen atoms in total. The van der Waals surface area contributed by atoms with Crippen LogP contribution in [0.25, 0.3) is 0 Å². The highest BCUT2D eigenvalue weighted by Crippen LogP contribution is 2.07. The molecule has 0 atom stereocenters. The van der Waals surface area contributed by atoms with Crippen molar-refractivity contribution in [2.75, 3.05) is 60.7 Å². The molecule has 0 radical (unpaired) electrons. The maximum absolute atomic E-state index is 11.7. The minimum atomic E-state index is -0.117. The van der Waals surface area contributed by atoms with Gasteiger partial charge in [0, 0.05) is 6.42 Å². The minimum Gasteiger partial charge on any atom is -0.463 e. The Balaban J connectivity index is 3.30. The quantitative estimate of drug-likeness (QED) is 0.0812. The number of unbranched alkanes of at least 4 members (excludes halogenated alkanes) is 8. The van der Waals surface area contributed by atoms with Crippen molar-refractivity contribution in [3.05, 3.63) is 24.3 Å². The number of esters is 1. The number of carbonyl (C=O) groups excluding carboxylic acids is 1. The first kappa shape index (κ1) is 30.8. The van der Waals surface area contributed by atoms with E-state index in [-0.39, 0.29) is 5.97 Å². The van der Waals surface area contributed by atoms with Gasteiger partial charge in [-0.25, -0.2) is 0 Å². The number of carbonyl (C=O) groups is 1. The predicted octanol–water partition coefficient (Wildman–Crippen LogP) is 6.08. The number of nitrogens with zero attached hydrogens (tertiary/aromatic N) is 1. The highest BCUT2D eigenvalue weighted by atomic mass is 16.6. The van der Waals surface area contributed by atoms with Crippen LogP contribution in [0.15, 0.2) is 24.3 Å². The lowest BCUT2D eigenvalue weighted by Crippen LogP contribution is -2.37. The van der Waals surface area contributed by atoms with Crippen LogP contribution in [0.3, 0.4) is 0 Å². The summed E-state index contributed by atoms with van der Waals surface area (Å²) in [4.78, 5) is 11.7. The molecule has 0 saturated carbocycles. The molecule has 0 fully saturated rings. The van der Waals surface area contributed by atoms with E-state index in [4.69, 9.17) is 14.2 Å². The molecule has 0 aliphatic rings. The lowest BCUT2D eigenvalue weighted by Gasteiger charge is -2.23. The number of likely N-dealkylation sites (N-methyl/N-ethyl adjacent to an activating group) is 1. The summed E-state index contributed by atoms with van der Waals surface area (Å²) < 4.78 is 17.1. The molecule has 0 heterocycles. The first-order chi connectivity index (χ1) is 15.5. The topological polar surface area (TPSA) is 44.8 Å². The summed E-state index contributed by atoms with van der Waals surface area (Å²) >= 11 is 0. The van der Waals surface area contributed by atoms with Crippen LogP contribution in [0.2, 0.25) is 0 Å². The van der Waals surface area contributed by atoms with Crippen LogP contribution in [0.1, 0.15) is 84.0 Å². The standard InChI is InChI=1S/C27H52NO4/c1-5-6-7-8-9-10-11-12-13-14-15-16-17-18-19-20-27(29)32-26-25-31-24-23-30-22-21-28(2,3)4/h10-11,13-14H,5-9,12,15-26H2,1-4H3/q+1/b11-10+,14-13+. The lowest BCUT2D eigenvalue weighted by atomic mass is 10.1. The number of allylic oxidation sites excluding steroid dienone is 4. The Morgan fingerprint density at radius 3 is 1.88 bits per heavy atom. The maximum atomic E-state index is 11.7. The van der Waals surface area contributed by atoms with Gasteiger partial charge < -0.3 is 18.7 Å². The van der Waals surface area contributed by atoms with Gasteiger partial charge in [-0.2, -0.15) is 0 Å². The molecule has 0 aromatic heterocycles. The molecule has 0 aromatic carbocycles. The summed E-state index contributed by atoms with van der Waals surface area (Å²) in [6.45, 7) is 5.85. The van der Waals surface area contributed by atoms with Crippen LogP contribution in [0, 0.1) is 0 Å². The van der Waals surface area contributed by atoms with E-state index < -0.39 is 0 Å². The zero-order valence-electron chi connectivity index (χ0n) is 21.6. The van der Waals surface area contributed by atoms with Crippen molar-refractivity contribution in [3.8, 4) is 0 Å². The van der Waals surface area contributed by atoms with Gasteiger partial charge in [-0.1, -0.05) is 63.3 Å². The fraction of sp³-hybridized carbons (Fsp3) is 0.815. The van der Waals surface area contributed by atoms with E-state index in [1.165, 1.54) is 44.9 Å². The summed E-state index contributed by atoms with van der Waals surface area (Å²) in [5, 5.41) is 0. The Labute approximate surface area is 198 Å². The third kappa shape index (κ3) is 26.9. The Kier molecular flexibility index (Phi) is 22.2. The van der Waals surface area contributed by atoms with Crippen molar-refractivity contribution in [2.24, 2.45) is 0 Å². The summed E-state index contributed by atoms with van der Waals surface area (Å²) in [5.74, 6) is -0.117. The number of hydrogen-bond acceptors (Lipinski definition) is 4. The number of ether oxygens (including phenoxy) is 3. The molecule has 0 aromatic rings. The molecular formula is C27H52NO4+. The summed E-state index contributed by atoms with van der Waals surface area (Å²) in [7, 11) is 6.43. The van der Waals surface area contributed by atoms with Gasteiger partial charge in [0.05, 0.1) is 47.6 Å². The number of rotatable bonds is 23. The molecule has 0 rings (SSSR count). The van der Waals surface area contributed by atoms with Gasteiger partial charge in [0.1, 0.15) is 13.2 Å². The molecule has 0 aliphatic heterocycles. The van der Waals surface area contributed by atoms with Gasteiger partial charge in [-0.05, 0) is 38.5 Å². The Bertz CT molecular complexity index is 469. The van der Waals surface area contributed by atoms with Gasteiger partial charge >= 0.3 is 5.97 Å². The lowest BCUT2D eigenvalue weighted by molar-refractivity contribution is -0.870. The molecule has 5 heteroatoms. The van der Waals surface area contributed by atoms with Crippen molar-refractivity contribution >= 4 is 5.97 Å². The Morgan fingerprint density at radius 1 is 0.688 bits per heavy atom. The van der Waals surface area contributed by atoms with Crippen LogP contribution in [-0.2, 0) is 19.0 Å². The van der Waals surface area contributed by atoms with Crippen LogP contribution >= 0.6 is 0 Å². The zero-order chi connectivity index (χ0) is 23.8. The van der Waals surface area contributed by atoms with E-state index in [0.717, 1.165) is 43.3 Å². The second kappa shape index (κ2) is 23.0. The van der Waals surface area contributed by atoms with Gasteiger partial charge in [0.15, 0.2) is 0 Å². The molecule has 0 spiro atoms. The van der Waals surface area contributed by atoms with Crippen molar-refractivity contribution in [3.63, 3.8) is 0 Å². The highest BCUT2D eigenvalue weighted by Gasteiger charge is 2.05. The largest absolute Gasteiger partial charge is 0.463 e. The third-order valence-corrected chi connectivity index (χ3v) is 5.10. The van der Waals surface area contributed by atoms with Crippen molar-refractivity contribution in [2.45, 2.75) is 84.0 Å². The van der Waals surface area contributed by atoms with E-state index in [2.05, 4.69) is 52.4 Å². The molecule has 188 valence electrons. The van der Waals surface area contributed by atoms with Crippen molar-refractivity contribution < 1.29 is 23.5 Å². The Hall–Kier alpha value is -1.17. The summed E-state index contributed by atoms with van der Waals surface area (Å²) in [6.07, 6.45) is 22.7. The van der Waals surface area contributed by atoms with Crippen LogP contribution < -0.4 is 0 Å². The van der Waals surface area contributed by atoms with Crippen molar-refractivity contribution in [1.29, 1.82) is 0 Å². The smallest absolute Gasteiger partial charge is 0.305 e. The fourth-order valence-corrected chi connectivity index (χ4v) is 3.03. The molecule has 0 unspecified atom stereocenters. The van der Waals surface area contributed by atoms with Crippen LogP contribution in [-0.4, -0.2) is 71.2 Å². The average Bonchev–Trinajstić information content (AvgIpc) is 2.74.